The average molecular weight is 188 g/mol. The smallest absolute Gasteiger partial charge is 0.155 e. The summed E-state index contributed by atoms with van der Waals surface area (Å²) in [6.45, 7) is 3.39. The minimum atomic E-state index is -3.24. The van der Waals surface area contributed by atoms with Gasteiger partial charge in [-0.1, -0.05) is 5.16 Å². The van der Waals surface area contributed by atoms with Crippen LogP contribution >= 0.6 is 0 Å². The van der Waals surface area contributed by atoms with Gasteiger partial charge in [-0.3, -0.25) is 0 Å². The Morgan fingerprint density at radius 1 is 1.50 bits per heavy atom. The number of hydrogen-bond donors (Lipinski definition) is 0. The Morgan fingerprint density at radius 2 is 2.08 bits per heavy atom. The van der Waals surface area contributed by atoms with Gasteiger partial charge in [0.15, 0.2) is 9.84 Å². The van der Waals surface area contributed by atoms with Crippen molar-refractivity contribution >= 4 is 9.84 Å². The standard InChI is InChI=1S/C7H10NO3S/c1-5-7(4-12(3,9)10)6(2)11-8-5/h3-4H2,1-2H3. The van der Waals surface area contributed by atoms with E-state index in [-0.39, 0.29) is 5.75 Å². The predicted octanol–water partition coefficient (Wildman–Crippen LogP) is 0.998. The number of aryl methyl sites for hydroxylation is 2. The first-order chi connectivity index (χ1) is 5.40. The number of rotatable bonds is 2. The van der Waals surface area contributed by atoms with E-state index in [1.165, 1.54) is 0 Å². The van der Waals surface area contributed by atoms with Gasteiger partial charge in [0.2, 0.25) is 0 Å². The van der Waals surface area contributed by atoms with Crippen LogP contribution in [0.2, 0.25) is 0 Å². The molecule has 1 aromatic rings. The molecule has 0 N–H and O–H groups in total. The van der Waals surface area contributed by atoms with E-state index in [2.05, 4.69) is 11.4 Å². The normalized spacial score (nSPS) is 11.9. The lowest BCUT2D eigenvalue weighted by Gasteiger charge is -1.95. The van der Waals surface area contributed by atoms with E-state index >= 15 is 0 Å². The van der Waals surface area contributed by atoms with E-state index in [9.17, 15) is 8.42 Å². The topological polar surface area (TPSA) is 60.2 Å². The Balaban J connectivity index is 3.04. The summed E-state index contributed by atoms with van der Waals surface area (Å²) < 4.78 is 26.4. The molecule has 0 aliphatic rings. The molecule has 1 heterocycles. The fourth-order valence-electron chi connectivity index (χ4n) is 0.928. The Morgan fingerprint density at radius 3 is 2.42 bits per heavy atom. The van der Waals surface area contributed by atoms with Gasteiger partial charge in [0.05, 0.1) is 17.7 Å². The van der Waals surface area contributed by atoms with E-state index in [0.717, 1.165) is 0 Å². The summed E-state index contributed by atoms with van der Waals surface area (Å²) in [4.78, 5) is 0. The summed E-state index contributed by atoms with van der Waals surface area (Å²) in [5, 5.41) is 3.63. The zero-order valence-corrected chi connectivity index (χ0v) is 7.81. The highest BCUT2D eigenvalue weighted by molar-refractivity contribution is 7.91. The van der Waals surface area contributed by atoms with Gasteiger partial charge in [0.25, 0.3) is 0 Å². The van der Waals surface area contributed by atoms with Crippen LogP contribution in [0.5, 0.6) is 0 Å². The molecule has 0 saturated heterocycles. The SMILES string of the molecule is [CH2]S(=O)(=O)Cc1c(C)noc1C. The van der Waals surface area contributed by atoms with Gasteiger partial charge >= 0.3 is 0 Å². The second-order valence-electron chi connectivity index (χ2n) is 2.69. The van der Waals surface area contributed by atoms with Crippen LogP contribution in [0.3, 0.4) is 0 Å². The van der Waals surface area contributed by atoms with Crippen molar-refractivity contribution < 1.29 is 12.9 Å². The van der Waals surface area contributed by atoms with E-state index in [0.29, 0.717) is 17.0 Å². The van der Waals surface area contributed by atoms with Gasteiger partial charge in [0.1, 0.15) is 5.76 Å². The van der Waals surface area contributed by atoms with Gasteiger partial charge in [-0.05, 0) is 13.8 Å². The molecular formula is C7H10NO3S. The number of aromatic nitrogens is 1. The van der Waals surface area contributed by atoms with Crippen molar-refractivity contribution in [3.05, 3.63) is 23.3 Å². The Hall–Kier alpha value is -0.840. The molecule has 1 aromatic heterocycles. The molecule has 0 unspecified atom stereocenters. The second kappa shape index (κ2) is 2.90. The third-order valence-electron chi connectivity index (χ3n) is 1.55. The molecule has 0 aromatic carbocycles. The maximum absolute atomic E-state index is 10.8. The zero-order valence-electron chi connectivity index (χ0n) is 6.99. The lowest BCUT2D eigenvalue weighted by molar-refractivity contribution is 0.392. The molecule has 0 spiro atoms. The first kappa shape index (κ1) is 9.25. The largest absolute Gasteiger partial charge is 0.361 e. The monoisotopic (exact) mass is 188 g/mol. The molecule has 1 rings (SSSR count). The van der Waals surface area contributed by atoms with Crippen molar-refractivity contribution in [2.45, 2.75) is 19.6 Å². The number of sulfone groups is 1. The van der Waals surface area contributed by atoms with Crippen LogP contribution in [0.4, 0.5) is 0 Å². The molecule has 12 heavy (non-hydrogen) atoms. The minimum absolute atomic E-state index is 0.103. The van der Waals surface area contributed by atoms with Crippen LogP contribution in [-0.2, 0) is 15.6 Å². The maximum Gasteiger partial charge on any atom is 0.155 e. The Kier molecular flexibility index (Phi) is 2.23. The molecule has 5 heteroatoms. The van der Waals surface area contributed by atoms with E-state index in [1.54, 1.807) is 13.8 Å². The highest BCUT2D eigenvalue weighted by atomic mass is 32.2. The van der Waals surface area contributed by atoms with Crippen LogP contribution in [0.15, 0.2) is 4.52 Å². The van der Waals surface area contributed by atoms with Gasteiger partial charge in [-0.2, -0.15) is 0 Å². The summed E-state index contributed by atoms with van der Waals surface area (Å²) in [5.41, 5.74) is 1.23. The molecule has 0 saturated carbocycles. The van der Waals surface area contributed by atoms with Crippen LogP contribution in [0.25, 0.3) is 0 Å². The Labute approximate surface area is 71.5 Å². The molecule has 67 valence electrons. The van der Waals surface area contributed by atoms with E-state index in [1.807, 2.05) is 0 Å². The Bertz CT molecular complexity index is 358. The molecule has 0 fully saturated rings. The fraction of sp³-hybridized carbons (Fsp3) is 0.429. The summed E-state index contributed by atoms with van der Waals surface area (Å²) in [5.74, 6) is 0.438. The predicted molar refractivity (Wildman–Crippen MR) is 44.0 cm³/mol. The number of nitrogens with zero attached hydrogens (tertiary/aromatic N) is 1. The second-order valence-corrected chi connectivity index (χ2v) is 4.47. The van der Waals surface area contributed by atoms with Crippen molar-refractivity contribution in [2.75, 3.05) is 0 Å². The summed E-state index contributed by atoms with van der Waals surface area (Å²) in [6.07, 6.45) is 3.03. The summed E-state index contributed by atoms with van der Waals surface area (Å²) >= 11 is 0. The molecule has 0 aliphatic carbocycles. The highest BCUT2D eigenvalue weighted by Gasteiger charge is 2.14. The third-order valence-corrected chi connectivity index (χ3v) is 2.27. The highest BCUT2D eigenvalue weighted by Crippen LogP contribution is 2.15. The van der Waals surface area contributed by atoms with Crippen LogP contribution in [0, 0.1) is 20.1 Å². The molecule has 1 radical (unpaired) electrons. The average Bonchev–Trinajstić information content (AvgIpc) is 2.16. The fourth-order valence-corrected chi connectivity index (χ4v) is 1.78. The van der Waals surface area contributed by atoms with Gasteiger partial charge < -0.3 is 4.52 Å². The summed E-state index contributed by atoms with van der Waals surface area (Å²) in [7, 11) is -3.24. The first-order valence-corrected chi connectivity index (χ1v) is 5.20. The maximum atomic E-state index is 10.8. The summed E-state index contributed by atoms with van der Waals surface area (Å²) in [6, 6.07) is 0. The van der Waals surface area contributed by atoms with Crippen molar-refractivity contribution in [1.29, 1.82) is 0 Å². The molecule has 4 nitrogen and oxygen atoms in total. The van der Waals surface area contributed by atoms with Gasteiger partial charge in [-0.25, -0.2) is 8.42 Å². The lowest BCUT2D eigenvalue weighted by Crippen LogP contribution is -2.00. The van der Waals surface area contributed by atoms with Crippen LogP contribution < -0.4 is 0 Å². The molecule has 0 atom stereocenters. The zero-order chi connectivity index (χ0) is 9.35. The molecular weight excluding hydrogens is 178 g/mol. The van der Waals surface area contributed by atoms with Gasteiger partial charge in [0, 0.05) is 5.56 Å². The minimum Gasteiger partial charge on any atom is -0.361 e. The first-order valence-electron chi connectivity index (χ1n) is 3.37. The van der Waals surface area contributed by atoms with Crippen molar-refractivity contribution in [2.24, 2.45) is 0 Å². The van der Waals surface area contributed by atoms with E-state index < -0.39 is 9.84 Å². The van der Waals surface area contributed by atoms with E-state index in [4.69, 9.17) is 4.52 Å². The molecule has 0 amide bonds. The molecule has 0 bridgehead atoms. The van der Waals surface area contributed by atoms with Crippen LogP contribution in [-0.4, -0.2) is 13.6 Å². The quantitative estimate of drug-likeness (QED) is 0.694. The molecule has 0 aliphatic heterocycles. The van der Waals surface area contributed by atoms with Crippen LogP contribution in [0.1, 0.15) is 17.0 Å². The third kappa shape index (κ3) is 2.07. The van der Waals surface area contributed by atoms with Crippen molar-refractivity contribution in [3.8, 4) is 0 Å². The van der Waals surface area contributed by atoms with Crippen molar-refractivity contribution in [1.82, 2.24) is 5.16 Å². The lowest BCUT2D eigenvalue weighted by atomic mass is 10.2. The van der Waals surface area contributed by atoms with Gasteiger partial charge in [-0.15, -0.1) is 0 Å². The number of hydrogen-bond acceptors (Lipinski definition) is 4. The van der Waals surface area contributed by atoms with Crippen molar-refractivity contribution in [3.63, 3.8) is 0 Å².